The number of thioether (sulfide) groups is 1. The number of hydrogen-bond donors (Lipinski definition) is 0. The maximum absolute atomic E-state index is 11.1. The molecule has 3 nitrogen and oxygen atoms in total. The molecule has 0 spiro atoms. The lowest BCUT2D eigenvalue weighted by Gasteiger charge is -2.21. The first-order valence-corrected chi connectivity index (χ1v) is 5.52. The summed E-state index contributed by atoms with van der Waals surface area (Å²) in [4.78, 5) is 11.1. The summed E-state index contributed by atoms with van der Waals surface area (Å²) in [5.74, 6) is -0.0917. The Balaban J connectivity index is 2.15. The minimum Gasteiger partial charge on any atom is -0.462 e. The molecule has 0 unspecified atom stereocenters. The SMILES string of the molecule is N#CSCC(=O)OC1CCCCC1. The minimum absolute atomic E-state index is 0.112. The number of ether oxygens (including phenoxy) is 1. The van der Waals surface area contributed by atoms with Gasteiger partial charge in [0.15, 0.2) is 0 Å². The average molecular weight is 199 g/mol. The van der Waals surface area contributed by atoms with E-state index in [2.05, 4.69) is 0 Å². The Hall–Kier alpha value is -0.690. The molecule has 0 radical (unpaired) electrons. The van der Waals surface area contributed by atoms with Crippen molar-refractivity contribution in [3.05, 3.63) is 0 Å². The topological polar surface area (TPSA) is 50.1 Å². The van der Waals surface area contributed by atoms with E-state index in [0.717, 1.165) is 37.4 Å². The lowest BCUT2D eigenvalue weighted by atomic mass is 9.98. The van der Waals surface area contributed by atoms with Crippen molar-refractivity contribution >= 4 is 17.7 Å². The number of hydrogen-bond acceptors (Lipinski definition) is 4. The van der Waals surface area contributed by atoms with Gasteiger partial charge in [0.25, 0.3) is 0 Å². The van der Waals surface area contributed by atoms with E-state index in [1.165, 1.54) is 6.42 Å². The molecule has 0 aromatic rings. The van der Waals surface area contributed by atoms with Gasteiger partial charge >= 0.3 is 5.97 Å². The van der Waals surface area contributed by atoms with Crippen molar-refractivity contribution in [1.29, 1.82) is 5.26 Å². The fraction of sp³-hybridized carbons (Fsp3) is 0.778. The number of esters is 1. The van der Waals surface area contributed by atoms with Crippen molar-refractivity contribution < 1.29 is 9.53 Å². The Labute approximate surface area is 82.4 Å². The highest BCUT2D eigenvalue weighted by molar-refractivity contribution is 8.04. The van der Waals surface area contributed by atoms with Crippen molar-refractivity contribution in [2.75, 3.05) is 5.75 Å². The van der Waals surface area contributed by atoms with Crippen molar-refractivity contribution in [3.63, 3.8) is 0 Å². The van der Waals surface area contributed by atoms with Gasteiger partial charge in [0.2, 0.25) is 0 Å². The van der Waals surface area contributed by atoms with Gasteiger partial charge in [0, 0.05) is 0 Å². The Kier molecular flexibility index (Phi) is 4.69. The van der Waals surface area contributed by atoms with Crippen LogP contribution in [0, 0.1) is 10.7 Å². The van der Waals surface area contributed by atoms with Gasteiger partial charge in [-0.15, -0.1) is 0 Å². The molecule has 0 heterocycles. The van der Waals surface area contributed by atoms with E-state index in [0.29, 0.717) is 0 Å². The zero-order valence-electron chi connectivity index (χ0n) is 7.49. The number of rotatable bonds is 3. The van der Waals surface area contributed by atoms with Crippen LogP contribution in [0.25, 0.3) is 0 Å². The molecule has 0 aromatic carbocycles. The third kappa shape index (κ3) is 4.18. The number of nitriles is 1. The Bertz CT molecular complexity index is 206. The van der Waals surface area contributed by atoms with Gasteiger partial charge in [-0.1, -0.05) is 6.42 Å². The molecule has 1 fully saturated rings. The van der Waals surface area contributed by atoms with E-state index < -0.39 is 0 Å². The van der Waals surface area contributed by atoms with Crippen LogP contribution in [0.15, 0.2) is 0 Å². The van der Waals surface area contributed by atoms with Gasteiger partial charge in [0.1, 0.15) is 17.3 Å². The first-order valence-electron chi connectivity index (χ1n) is 4.53. The summed E-state index contributed by atoms with van der Waals surface area (Å²) >= 11 is 0.936. The predicted octanol–water partition coefficient (Wildman–Crippen LogP) is 2.08. The Morgan fingerprint density at radius 3 is 2.77 bits per heavy atom. The molecule has 0 aliphatic heterocycles. The highest BCUT2D eigenvalue weighted by Crippen LogP contribution is 2.20. The molecule has 0 amide bonds. The molecule has 0 saturated heterocycles. The fourth-order valence-electron chi connectivity index (χ4n) is 1.49. The van der Waals surface area contributed by atoms with Gasteiger partial charge in [-0.25, -0.2) is 0 Å². The summed E-state index contributed by atoms with van der Waals surface area (Å²) in [6.45, 7) is 0. The summed E-state index contributed by atoms with van der Waals surface area (Å²) in [5, 5.41) is 10.1. The summed E-state index contributed by atoms with van der Waals surface area (Å²) in [6.07, 6.45) is 5.65. The normalized spacial score (nSPS) is 17.8. The van der Waals surface area contributed by atoms with Crippen molar-refractivity contribution in [2.45, 2.75) is 38.2 Å². The monoisotopic (exact) mass is 199 g/mol. The van der Waals surface area contributed by atoms with Crippen molar-refractivity contribution in [1.82, 2.24) is 0 Å². The zero-order chi connectivity index (χ0) is 9.52. The molecule has 13 heavy (non-hydrogen) atoms. The van der Waals surface area contributed by atoms with E-state index >= 15 is 0 Å². The van der Waals surface area contributed by atoms with Crippen LogP contribution in [0.4, 0.5) is 0 Å². The van der Waals surface area contributed by atoms with E-state index in [-0.39, 0.29) is 17.8 Å². The van der Waals surface area contributed by atoms with Crippen LogP contribution in [-0.4, -0.2) is 17.8 Å². The van der Waals surface area contributed by atoms with E-state index in [1.807, 2.05) is 5.40 Å². The molecule has 1 saturated carbocycles. The molecule has 0 aromatic heterocycles. The van der Waals surface area contributed by atoms with Crippen LogP contribution in [0.1, 0.15) is 32.1 Å². The standard InChI is InChI=1S/C9H13NO2S/c10-7-13-6-9(11)12-8-4-2-1-3-5-8/h8H,1-6H2. The van der Waals surface area contributed by atoms with E-state index in [9.17, 15) is 4.79 Å². The Morgan fingerprint density at radius 2 is 2.15 bits per heavy atom. The average Bonchev–Trinajstić information content (AvgIpc) is 2.16. The maximum Gasteiger partial charge on any atom is 0.317 e. The largest absolute Gasteiger partial charge is 0.462 e. The smallest absolute Gasteiger partial charge is 0.317 e. The van der Waals surface area contributed by atoms with Crippen LogP contribution < -0.4 is 0 Å². The fourth-order valence-corrected chi connectivity index (χ4v) is 1.74. The predicted molar refractivity (Wildman–Crippen MR) is 51.0 cm³/mol. The van der Waals surface area contributed by atoms with Gasteiger partial charge in [-0.05, 0) is 37.4 Å². The van der Waals surface area contributed by atoms with Gasteiger partial charge in [0.05, 0.1) is 0 Å². The number of carbonyl (C=O) groups excluding carboxylic acids is 1. The van der Waals surface area contributed by atoms with Crippen LogP contribution >= 0.6 is 11.8 Å². The number of thiocyanates is 1. The molecule has 1 aliphatic carbocycles. The van der Waals surface area contributed by atoms with Crippen LogP contribution in [0.5, 0.6) is 0 Å². The molecule has 4 heteroatoms. The quantitative estimate of drug-likeness (QED) is 0.515. The molecule has 1 aliphatic rings. The number of nitrogens with zero attached hydrogens (tertiary/aromatic N) is 1. The lowest BCUT2D eigenvalue weighted by Crippen LogP contribution is -2.21. The molecular formula is C9H13NO2S. The molecule has 0 bridgehead atoms. The second kappa shape index (κ2) is 5.87. The summed E-state index contributed by atoms with van der Waals surface area (Å²) in [5.41, 5.74) is 0. The second-order valence-electron chi connectivity index (χ2n) is 3.13. The highest BCUT2D eigenvalue weighted by Gasteiger charge is 2.17. The van der Waals surface area contributed by atoms with Crippen LogP contribution in [0.2, 0.25) is 0 Å². The summed E-state index contributed by atoms with van der Waals surface area (Å²) in [7, 11) is 0. The second-order valence-corrected chi connectivity index (χ2v) is 3.89. The van der Waals surface area contributed by atoms with E-state index in [1.54, 1.807) is 0 Å². The van der Waals surface area contributed by atoms with Crippen molar-refractivity contribution in [2.24, 2.45) is 0 Å². The maximum atomic E-state index is 11.1. The van der Waals surface area contributed by atoms with Gasteiger partial charge in [-0.3, -0.25) is 4.79 Å². The number of carbonyl (C=O) groups is 1. The van der Waals surface area contributed by atoms with Crippen molar-refractivity contribution in [3.8, 4) is 5.40 Å². The van der Waals surface area contributed by atoms with Gasteiger partial charge < -0.3 is 4.74 Å². The van der Waals surface area contributed by atoms with Gasteiger partial charge in [-0.2, -0.15) is 5.26 Å². The summed E-state index contributed by atoms with van der Waals surface area (Å²) < 4.78 is 5.18. The Morgan fingerprint density at radius 1 is 1.46 bits per heavy atom. The summed E-state index contributed by atoms with van der Waals surface area (Å²) in [6, 6.07) is 0. The third-order valence-corrected chi connectivity index (χ3v) is 2.61. The van der Waals surface area contributed by atoms with Crippen LogP contribution in [-0.2, 0) is 9.53 Å². The molecule has 72 valence electrons. The first kappa shape index (κ1) is 10.4. The highest BCUT2D eigenvalue weighted by atomic mass is 32.2. The minimum atomic E-state index is -0.251. The first-order chi connectivity index (χ1) is 6.33. The molecule has 0 atom stereocenters. The zero-order valence-corrected chi connectivity index (χ0v) is 8.31. The molecule has 1 rings (SSSR count). The third-order valence-electron chi connectivity index (χ3n) is 2.10. The van der Waals surface area contributed by atoms with E-state index in [4.69, 9.17) is 10.00 Å². The lowest BCUT2D eigenvalue weighted by molar-refractivity contribution is -0.147. The van der Waals surface area contributed by atoms with Crippen LogP contribution in [0.3, 0.4) is 0 Å². The molecular weight excluding hydrogens is 186 g/mol. The molecule has 0 N–H and O–H groups in total.